The zero-order valence-corrected chi connectivity index (χ0v) is 11.0. The minimum Gasteiger partial charge on any atom is -0.348 e. The second-order valence-corrected chi connectivity index (χ2v) is 4.81. The Bertz CT molecular complexity index is 452. The van der Waals surface area contributed by atoms with Crippen molar-refractivity contribution in [3.63, 3.8) is 0 Å². The van der Waals surface area contributed by atoms with Crippen LogP contribution in [0.25, 0.3) is 0 Å². The van der Waals surface area contributed by atoms with Gasteiger partial charge in [0.2, 0.25) is 5.91 Å². The van der Waals surface area contributed by atoms with Crippen LogP contribution in [0.4, 0.5) is 13.2 Å². The molecule has 19 heavy (non-hydrogen) atoms. The van der Waals surface area contributed by atoms with Crippen LogP contribution in [0.5, 0.6) is 0 Å². The van der Waals surface area contributed by atoms with Crippen molar-refractivity contribution in [1.82, 2.24) is 5.32 Å². The van der Waals surface area contributed by atoms with Crippen LogP contribution in [-0.4, -0.2) is 17.6 Å². The predicted molar refractivity (Wildman–Crippen MR) is 66.4 cm³/mol. The molecule has 0 aliphatic heterocycles. The summed E-state index contributed by atoms with van der Waals surface area (Å²) in [7, 11) is 0. The Morgan fingerprint density at radius 1 is 1.26 bits per heavy atom. The molecule has 1 amide bonds. The van der Waals surface area contributed by atoms with Crippen molar-refractivity contribution in [1.29, 1.82) is 0 Å². The van der Waals surface area contributed by atoms with E-state index in [0.717, 1.165) is 11.1 Å². The number of nitrogens with one attached hydrogen (secondary N) is 1. The smallest absolute Gasteiger partial charge is 0.348 e. The molecule has 0 radical (unpaired) electrons. The van der Waals surface area contributed by atoms with Crippen LogP contribution in [0.3, 0.4) is 0 Å². The maximum absolute atomic E-state index is 12.6. The number of rotatable bonds is 3. The summed E-state index contributed by atoms with van der Waals surface area (Å²) < 4.78 is 37.8. The Hall–Kier alpha value is -1.56. The summed E-state index contributed by atoms with van der Waals surface area (Å²) in [5, 5.41) is 2.28. The highest BCUT2D eigenvalue weighted by Crippen LogP contribution is 2.28. The normalized spacial score (nSPS) is 16.6. The van der Waals surface area contributed by atoms with Gasteiger partial charge in [0.05, 0.1) is 6.04 Å². The summed E-state index contributed by atoms with van der Waals surface area (Å²) in [6, 6.07) is 6.61. The average molecular weight is 274 g/mol. The van der Waals surface area contributed by atoms with Crippen molar-refractivity contribution in [2.75, 3.05) is 0 Å². The standard InChI is InChI=1S/C13H17F3N2O/c1-8-4-6-10(7-5-8)9(2)18-11(19)12(3,17)13(14,15)16/h4-7,9H,17H2,1-3H3,(H,18,19). The number of halogens is 3. The molecule has 2 atom stereocenters. The first-order chi connectivity index (χ1) is 8.55. The first-order valence-corrected chi connectivity index (χ1v) is 5.79. The van der Waals surface area contributed by atoms with Crippen LogP contribution in [0, 0.1) is 6.92 Å². The molecule has 2 unspecified atom stereocenters. The number of hydrogen-bond donors (Lipinski definition) is 2. The van der Waals surface area contributed by atoms with E-state index < -0.39 is 23.7 Å². The third-order valence-corrected chi connectivity index (χ3v) is 2.99. The maximum Gasteiger partial charge on any atom is 0.415 e. The van der Waals surface area contributed by atoms with Gasteiger partial charge >= 0.3 is 6.18 Å². The molecule has 106 valence electrons. The van der Waals surface area contributed by atoms with E-state index in [2.05, 4.69) is 5.32 Å². The van der Waals surface area contributed by atoms with Crippen LogP contribution in [0.1, 0.15) is 31.0 Å². The summed E-state index contributed by atoms with van der Waals surface area (Å²) in [5.41, 5.74) is 3.90. The highest BCUT2D eigenvalue weighted by molar-refractivity contribution is 5.86. The van der Waals surface area contributed by atoms with Gasteiger partial charge < -0.3 is 11.1 Å². The predicted octanol–water partition coefficient (Wildman–Crippen LogP) is 2.45. The summed E-state index contributed by atoms with van der Waals surface area (Å²) >= 11 is 0. The lowest BCUT2D eigenvalue weighted by Crippen LogP contribution is -2.61. The summed E-state index contributed by atoms with van der Waals surface area (Å²) in [6.45, 7) is 4.16. The Morgan fingerprint density at radius 2 is 1.74 bits per heavy atom. The van der Waals surface area contributed by atoms with Crippen molar-refractivity contribution in [2.45, 2.75) is 38.5 Å². The second kappa shape index (κ2) is 5.21. The average Bonchev–Trinajstić information content (AvgIpc) is 2.28. The Balaban J connectivity index is 2.80. The Kier molecular flexibility index (Phi) is 4.25. The molecule has 1 rings (SSSR count). The van der Waals surface area contributed by atoms with Crippen molar-refractivity contribution in [3.05, 3.63) is 35.4 Å². The zero-order valence-electron chi connectivity index (χ0n) is 11.0. The van der Waals surface area contributed by atoms with Gasteiger partial charge in [-0.15, -0.1) is 0 Å². The van der Waals surface area contributed by atoms with E-state index in [0.29, 0.717) is 6.92 Å². The molecule has 3 N–H and O–H groups in total. The fraction of sp³-hybridized carbons (Fsp3) is 0.462. The van der Waals surface area contributed by atoms with Crippen LogP contribution in [-0.2, 0) is 4.79 Å². The molecule has 0 spiro atoms. The lowest BCUT2D eigenvalue weighted by atomic mass is 10.0. The first kappa shape index (κ1) is 15.5. The molecule has 0 saturated heterocycles. The highest BCUT2D eigenvalue weighted by atomic mass is 19.4. The van der Waals surface area contributed by atoms with Gasteiger partial charge in [-0.3, -0.25) is 4.79 Å². The fourth-order valence-corrected chi connectivity index (χ4v) is 1.41. The number of benzene rings is 1. The highest BCUT2D eigenvalue weighted by Gasteiger charge is 2.54. The topological polar surface area (TPSA) is 55.1 Å². The quantitative estimate of drug-likeness (QED) is 0.889. The number of nitrogens with two attached hydrogens (primary N) is 1. The molecular weight excluding hydrogens is 257 g/mol. The van der Waals surface area contributed by atoms with Gasteiger partial charge in [-0.2, -0.15) is 13.2 Å². The van der Waals surface area contributed by atoms with E-state index in [-0.39, 0.29) is 0 Å². The lowest BCUT2D eigenvalue weighted by Gasteiger charge is -2.28. The van der Waals surface area contributed by atoms with E-state index in [1.165, 1.54) is 0 Å². The van der Waals surface area contributed by atoms with E-state index in [1.807, 2.05) is 19.1 Å². The fourth-order valence-electron chi connectivity index (χ4n) is 1.41. The number of aryl methyl sites for hydroxylation is 1. The monoisotopic (exact) mass is 274 g/mol. The number of alkyl halides is 3. The Labute approximate surface area is 110 Å². The van der Waals surface area contributed by atoms with Crippen molar-refractivity contribution in [3.8, 4) is 0 Å². The number of carbonyl (C=O) groups is 1. The van der Waals surface area contributed by atoms with Crippen LogP contribution in [0.15, 0.2) is 24.3 Å². The van der Waals surface area contributed by atoms with E-state index in [4.69, 9.17) is 5.73 Å². The first-order valence-electron chi connectivity index (χ1n) is 5.79. The number of amides is 1. The molecule has 0 aliphatic carbocycles. The van der Waals surface area contributed by atoms with Gasteiger partial charge in [-0.1, -0.05) is 29.8 Å². The van der Waals surface area contributed by atoms with Gasteiger partial charge in [0.25, 0.3) is 0 Å². The molecule has 0 heterocycles. The second-order valence-electron chi connectivity index (χ2n) is 4.81. The molecule has 1 aromatic rings. The largest absolute Gasteiger partial charge is 0.415 e. The van der Waals surface area contributed by atoms with Crippen LogP contribution >= 0.6 is 0 Å². The summed E-state index contributed by atoms with van der Waals surface area (Å²) in [6.07, 6.45) is -4.79. The van der Waals surface area contributed by atoms with Crippen molar-refractivity contribution in [2.24, 2.45) is 5.73 Å². The van der Waals surface area contributed by atoms with Gasteiger partial charge in [-0.25, -0.2) is 0 Å². The molecule has 1 aromatic carbocycles. The SMILES string of the molecule is Cc1ccc(C(C)NC(=O)C(C)(N)C(F)(F)F)cc1. The number of hydrogen-bond acceptors (Lipinski definition) is 2. The molecular formula is C13H17F3N2O. The minimum atomic E-state index is -4.79. The van der Waals surface area contributed by atoms with Gasteiger partial charge in [-0.05, 0) is 26.3 Å². The molecule has 0 bridgehead atoms. The third kappa shape index (κ3) is 3.47. The van der Waals surface area contributed by atoms with Crippen molar-refractivity contribution >= 4 is 5.91 Å². The van der Waals surface area contributed by atoms with Gasteiger partial charge in [0.1, 0.15) is 0 Å². The molecule has 3 nitrogen and oxygen atoms in total. The number of carbonyl (C=O) groups excluding carboxylic acids is 1. The van der Waals surface area contributed by atoms with E-state index >= 15 is 0 Å². The molecule has 0 fully saturated rings. The van der Waals surface area contributed by atoms with Crippen molar-refractivity contribution < 1.29 is 18.0 Å². The summed E-state index contributed by atoms with van der Waals surface area (Å²) in [5.74, 6) is -1.24. The molecule has 0 aliphatic rings. The maximum atomic E-state index is 12.6. The van der Waals surface area contributed by atoms with Crippen LogP contribution < -0.4 is 11.1 Å². The summed E-state index contributed by atoms with van der Waals surface area (Å²) in [4.78, 5) is 11.6. The minimum absolute atomic E-state index is 0.543. The molecule has 0 aromatic heterocycles. The zero-order chi connectivity index (χ0) is 14.8. The molecule has 0 saturated carbocycles. The van der Waals surface area contributed by atoms with E-state index in [1.54, 1.807) is 19.1 Å². The Morgan fingerprint density at radius 3 is 2.16 bits per heavy atom. The van der Waals surface area contributed by atoms with Gasteiger partial charge in [0, 0.05) is 0 Å². The molecule has 6 heteroatoms. The van der Waals surface area contributed by atoms with Gasteiger partial charge in [0.15, 0.2) is 5.54 Å². The lowest BCUT2D eigenvalue weighted by molar-refractivity contribution is -0.187. The van der Waals surface area contributed by atoms with Crippen LogP contribution in [0.2, 0.25) is 0 Å². The third-order valence-electron chi connectivity index (χ3n) is 2.99. The van der Waals surface area contributed by atoms with E-state index in [9.17, 15) is 18.0 Å².